The van der Waals surface area contributed by atoms with Crippen LogP contribution in [0.5, 0.6) is 0 Å². The summed E-state index contributed by atoms with van der Waals surface area (Å²) in [5.41, 5.74) is 1.61. The first-order valence-electron chi connectivity index (χ1n) is 8.75. The molecule has 0 bridgehead atoms. The van der Waals surface area contributed by atoms with Crippen LogP contribution in [0.25, 0.3) is 11.3 Å². The van der Waals surface area contributed by atoms with Crippen molar-refractivity contribution in [3.63, 3.8) is 0 Å². The quantitative estimate of drug-likeness (QED) is 0.549. The van der Waals surface area contributed by atoms with Crippen LogP contribution in [0, 0.1) is 5.82 Å². The SMILES string of the molecule is O=S(=O)(c1ccc(F)cc1)N1CCN(c2nc(-c3cc(Cl)cc(Cl)c3)cs2)CC1. The summed E-state index contributed by atoms with van der Waals surface area (Å²) in [4.78, 5) is 6.81. The minimum atomic E-state index is -3.64. The number of hydrogen-bond donors (Lipinski definition) is 0. The summed E-state index contributed by atoms with van der Waals surface area (Å²) in [6, 6.07) is 10.2. The largest absolute Gasteiger partial charge is 0.345 e. The van der Waals surface area contributed by atoms with Gasteiger partial charge in [0.1, 0.15) is 5.82 Å². The van der Waals surface area contributed by atoms with Gasteiger partial charge in [-0.05, 0) is 42.5 Å². The molecule has 4 rings (SSSR count). The first-order chi connectivity index (χ1) is 13.8. The Morgan fingerprint density at radius 2 is 1.59 bits per heavy atom. The maximum Gasteiger partial charge on any atom is 0.243 e. The maximum absolute atomic E-state index is 13.1. The van der Waals surface area contributed by atoms with Gasteiger partial charge in [0.2, 0.25) is 10.0 Å². The van der Waals surface area contributed by atoms with Gasteiger partial charge in [0.15, 0.2) is 5.13 Å². The van der Waals surface area contributed by atoms with E-state index in [9.17, 15) is 12.8 Å². The van der Waals surface area contributed by atoms with E-state index in [-0.39, 0.29) is 4.90 Å². The minimum Gasteiger partial charge on any atom is -0.345 e. The van der Waals surface area contributed by atoms with Crippen LogP contribution in [0.4, 0.5) is 9.52 Å². The fraction of sp³-hybridized carbons (Fsp3) is 0.211. The van der Waals surface area contributed by atoms with E-state index < -0.39 is 15.8 Å². The second-order valence-electron chi connectivity index (χ2n) is 6.52. The monoisotopic (exact) mass is 471 g/mol. The van der Waals surface area contributed by atoms with E-state index in [1.807, 2.05) is 5.38 Å². The Bertz CT molecular complexity index is 1110. The maximum atomic E-state index is 13.1. The number of nitrogens with zero attached hydrogens (tertiary/aromatic N) is 3. The normalized spacial score (nSPS) is 15.6. The van der Waals surface area contributed by atoms with Gasteiger partial charge in [0, 0.05) is 47.2 Å². The van der Waals surface area contributed by atoms with Crippen molar-refractivity contribution in [2.24, 2.45) is 0 Å². The molecule has 2 heterocycles. The third kappa shape index (κ3) is 4.41. The highest BCUT2D eigenvalue weighted by Gasteiger charge is 2.29. The Hall–Kier alpha value is -1.71. The summed E-state index contributed by atoms with van der Waals surface area (Å²) < 4.78 is 40.0. The molecular weight excluding hydrogens is 456 g/mol. The van der Waals surface area contributed by atoms with Gasteiger partial charge in [-0.1, -0.05) is 23.2 Å². The molecule has 0 unspecified atom stereocenters. The molecule has 0 amide bonds. The van der Waals surface area contributed by atoms with Gasteiger partial charge in [-0.3, -0.25) is 0 Å². The van der Waals surface area contributed by atoms with Crippen LogP contribution in [0.3, 0.4) is 0 Å². The first-order valence-corrected chi connectivity index (χ1v) is 11.8. The Kier molecular flexibility index (Phi) is 5.81. The highest BCUT2D eigenvalue weighted by molar-refractivity contribution is 7.89. The topological polar surface area (TPSA) is 53.5 Å². The lowest BCUT2D eigenvalue weighted by Crippen LogP contribution is -2.48. The van der Waals surface area contributed by atoms with Crippen molar-refractivity contribution in [3.8, 4) is 11.3 Å². The van der Waals surface area contributed by atoms with Crippen LogP contribution in [-0.4, -0.2) is 43.9 Å². The molecule has 10 heteroatoms. The van der Waals surface area contributed by atoms with Gasteiger partial charge >= 0.3 is 0 Å². The van der Waals surface area contributed by atoms with Crippen molar-refractivity contribution >= 4 is 49.7 Å². The van der Waals surface area contributed by atoms with E-state index in [1.165, 1.54) is 27.8 Å². The molecule has 0 spiro atoms. The van der Waals surface area contributed by atoms with E-state index in [1.54, 1.807) is 18.2 Å². The number of aromatic nitrogens is 1. The first kappa shape index (κ1) is 20.6. The minimum absolute atomic E-state index is 0.0988. The Labute approximate surface area is 182 Å². The second kappa shape index (κ2) is 8.20. The zero-order valence-corrected chi connectivity index (χ0v) is 18.2. The van der Waals surface area contributed by atoms with Crippen LogP contribution in [0.1, 0.15) is 0 Å². The number of piperazine rings is 1. The molecule has 1 fully saturated rings. The number of rotatable bonds is 4. The average molecular weight is 472 g/mol. The number of benzene rings is 2. The fourth-order valence-electron chi connectivity index (χ4n) is 3.12. The molecule has 1 saturated heterocycles. The van der Waals surface area contributed by atoms with Crippen LogP contribution < -0.4 is 4.90 Å². The molecule has 0 radical (unpaired) electrons. The molecule has 152 valence electrons. The lowest BCUT2D eigenvalue weighted by Gasteiger charge is -2.33. The molecule has 1 aliphatic heterocycles. The van der Waals surface area contributed by atoms with Crippen LogP contribution in [0.15, 0.2) is 52.7 Å². The molecule has 0 atom stereocenters. The molecule has 1 aromatic heterocycles. The number of sulfonamides is 1. The van der Waals surface area contributed by atoms with Crippen molar-refractivity contribution in [2.75, 3.05) is 31.1 Å². The second-order valence-corrected chi connectivity index (χ2v) is 10.2. The Morgan fingerprint density at radius 3 is 2.21 bits per heavy atom. The fourth-order valence-corrected chi connectivity index (χ4v) is 5.96. The van der Waals surface area contributed by atoms with E-state index in [4.69, 9.17) is 23.2 Å². The van der Waals surface area contributed by atoms with Gasteiger partial charge < -0.3 is 4.90 Å². The van der Waals surface area contributed by atoms with Crippen LogP contribution in [0.2, 0.25) is 10.0 Å². The van der Waals surface area contributed by atoms with Gasteiger partial charge in [-0.25, -0.2) is 17.8 Å². The van der Waals surface area contributed by atoms with E-state index >= 15 is 0 Å². The molecule has 0 aliphatic carbocycles. The van der Waals surface area contributed by atoms with E-state index in [0.717, 1.165) is 28.5 Å². The summed E-state index contributed by atoms with van der Waals surface area (Å²) in [5.74, 6) is -0.464. The van der Waals surface area contributed by atoms with E-state index in [2.05, 4.69) is 9.88 Å². The zero-order valence-electron chi connectivity index (χ0n) is 15.1. The van der Waals surface area contributed by atoms with Crippen molar-refractivity contribution in [3.05, 3.63) is 63.7 Å². The summed E-state index contributed by atoms with van der Waals surface area (Å²) in [7, 11) is -3.64. The Balaban J connectivity index is 1.46. The van der Waals surface area contributed by atoms with E-state index in [0.29, 0.717) is 36.2 Å². The average Bonchev–Trinajstić information content (AvgIpc) is 3.18. The van der Waals surface area contributed by atoms with Crippen LogP contribution >= 0.6 is 34.5 Å². The summed E-state index contributed by atoms with van der Waals surface area (Å²) >= 11 is 13.6. The summed E-state index contributed by atoms with van der Waals surface area (Å²) in [6.07, 6.45) is 0. The molecule has 5 nitrogen and oxygen atoms in total. The molecule has 1 aliphatic rings. The van der Waals surface area contributed by atoms with Crippen molar-refractivity contribution in [1.29, 1.82) is 0 Å². The Morgan fingerprint density at radius 1 is 0.966 bits per heavy atom. The van der Waals surface area contributed by atoms with Crippen molar-refractivity contribution in [1.82, 2.24) is 9.29 Å². The predicted molar refractivity (Wildman–Crippen MR) is 115 cm³/mol. The summed E-state index contributed by atoms with van der Waals surface area (Å²) in [6.45, 7) is 1.70. The van der Waals surface area contributed by atoms with Crippen molar-refractivity contribution < 1.29 is 12.8 Å². The van der Waals surface area contributed by atoms with Crippen LogP contribution in [-0.2, 0) is 10.0 Å². The summed E-state index contributed by atoms with van der Waals surface area (Å²) in [5, 5.41) is 3.83. The molecule has 2 aromatic carbocycles. The zero-order chi connectivity index (χ0) is 20.6. The van der Waals surface area contributed by atoms with Gasteiger partial charge in [0.05, 0.1) is 10.6 Å². The number of anilines is 1. The van der Waals surface area contributed by atoms with Gasteiger partial charge in [-0.2, -0.15) is 4.31 Å². The lowest BCUT2D eigenvalue weighted by atomic mass is 10.2. The van der Waals surface area contributed by atoms with Crippen molar-refractivity contribution in [2.45, 2.75) is 4.90 Å². The molecule has 0 N–H and O–H groups in total. The smallest absolute Gasteiger partial charge is 0.243 e. The van der Waals surface area contributed by atoms with Gasteiger partial charge in [0.25, 0.3) is 0 Å². The standard InChI is InChI=1S/C19H16Cl2FN3O2S2/c20-14-9-13(10-15(21)11-14)18-12-28-19(23-18)24-5-7-25(8-6-24)29(26,27)17-3-1-16(22)2-4-17/h1-4,9-12H,5-8H2. The molecule has 29 heavy (non-hydrogen) atoms. The third-order valence-corrected chi connectivity index (χ3v) is 7.86. The highest BCUT2D eigenvalue weighted by Crippen LogP contribution is 2.32. The number of thiazole rings is 1. The number of halogens is 3. The molecule has 3 aromatic rings. The lowest BCUT2D eigenvalue weighted by molar-refractivity contribution is 0.384. The third-order valence-electron chi connectivity index (χ3n) is 4.61. The predicted octanol–water partition coefficient (Wildman–Crippen LogP) is 4.77. The molecular formula is C19H16Cl2FN3O2S2. The highest BCUT2D eigenvalue weighted by atomic mass is 35.5. The number of hydrogen-bond acceptors (Lipinski definition) is 5. The molecule has 0 saturated carbocycles. The van der Waals surface area contributed by atoms with Gasteiger partial charge in [-0.15, -0.1) is 11.3 Å².